The standard InChI is InChI=1S/C16H25BrN2/c1-16(2)9-7-13(8-10-16)18-14-11-12(17)5-6-15(14)19(3)4/h5-6,11,13,18H,7-10H2,1-4H3. The second kappa shape index (κ2) is 5.74. The average molecular weight is 325 g/mol. The van der Waals surface area contributed by atoms with Gasteiger partial charge >= 0.3 is 0 Å². The van der Waals surface area contributed by atoms with Crippen LogP contribution in [-0.2, 0) is 0 Å². The first kappa shape index (κ1) is 14.7. The summed E-state index contributed by atoms with van der Waals surface area (Å²) in [6, 6.07) is 7.07. The zero-order chi connectivity index (χ0) is 14.0. The van der Waals surface area contributed by atoms with Crippen LogP contribution in [0, 0.1) is 5.41 Å². The number of benzene rings is 1. The van der Waals surface area contributed by atoms with Crippen molar-refractivity contribution in [1.82, 2.24) is 0 Å². The summed E-state index contributed by atoms with van der Waals surface area (Å²) >= 11 is 3.57. The van der Waals surface area contributed by atoms with Gasteiger partial charge in [0, 0.05) is 24.6 Å². The topological polar surface area (TPSA) is 15.3 Å². The van der Waals surface area contributed by atoms with E-state index < -0.39 is 0 Å². The minimum absolute atomic E-state index is 0.528. The highest BCUT2D eigenvalue weighted by Gasteiger charge is 2.27. The zero-order valence-electron chi connectivity index (χ0n) is 12.5. The fourth-order valence-corrected chi connectivity index (χ4v) is 3.14. The van der Waals surface area contributed by atoms with E-state index in [0.29, 0.717) is 11.5 Å². The lowest BCUT2D eigenvalue weighted by atomic mass is 9.75. The predicted octanol–water partition coefficient (Wildman–Crippen LogP) is 4.90. The van der Waals surface area contributed by atoms with E-state index in [4.69, 9.17) is 0 Å². The van der Waals surface area contributed by atoms with Gasteiger partial charge in [-0.3, -0.25) is 0 Å². The molecule has 1 saturated carbocycles. The highest BCUT2D eigenvalue weighted by atomic mass is 79.9. The van der Waals surface area contributed by atoms with Crippen molar-refractivity contribution in [3.8, 4) is 0 Å². The van der Waals surface area contributed by atoms with Gasteiger partial charge in [-0.2, -0.15) is 0 Å². The molecule has 106 valence electrons. The van der Waals surface area contributed by atoms with Crippen LogP contribution < -0.4 is 10.2 Å². The second-order valence-electron chi connectivity index (χ2n) is 6.64. The summed E-state index contributed by atoms with van der Waals surface area (Å²) in [5.74, 6) is 0. The molecule has 1 N–H and O–H groups in total. The molecule has 1 aliphatic carbocycles. The molecule has 0 saturated heterocycles. The molecule has 0 unspecified atom stereocenters. The maximum atomic E-state index is 3.74. The molecule has 0 amide bonds. The molecule has 19 heavy (non-hydrogen) atoms. The number of nitrogens with zero attached hydrogens (tertiary/aromatic N) is 1. The van der Waals surface area contributed by atoms with Crippen LogP contribution >= 0.6 is 15.9 Å². The van der Waals surface area contributed by atoms with Gasteiger partial charge in [0.15, 0.2) is 0 Å². The van der Waals surface area contributed by atoms with Gasteiger partial charge in [0.2, 0.25) is 0 Å². The SMILES string of the molecule is CN(C)c1ccc(Br)cc1NC1CCC(C)(C)CC1. The minimum Gasteiger partial charge on any atom is -0.381 e. The molecule has 1 fully saturated rings. The Morgan fingerprint density at radius 3 is 2.42 bits per heavy atom. The van der Waals surface area contributed by atoms with Crippen LogP contribution in [0.4, 0.5) is 11.4 Å². The van der Waals surface area contributed by atoms with Crippen LogP contribution in [0.2, 0.25) is 0 Å². The molecule has 1 aromatic rings. The predicted molar refractivity (Wildman–Crippen MR) is 88.1 cm³/mol. The average Bonchev–Trinajstić information content (AvgIpc) is 2.31. The van der Waals surface area contributed by atoms with E-state index in [1.165, 1.54) is 37.1 Å². The van der Waals surface area contributed by atoms with E-state index in [9.17, 15) is 0 Å². The maximum Gasteiger partial charge on any atom is 0.0597 e. The highest BCUT2D eigenvalue weighted by molar-refractivity contribution is 9.10. The van der Waals surface area contributed by atoms with Gasteiger partial charge in [0.05, 0.1) is 11.4 Å². The van der Waals surface area contributed by atoms with Gasteiger partial charge in [-0.25, -0.2) is 0 Å². The lowest BCUT2D eigenvalue weighted by Gasteiger charge is -2.35. The molecule has 2 nitrogen and oxygen atoms in total. The largest absolute Gasteiger partial charge is 0.381 e. The van der Waals surface area contributed by atoms with Crippen molar-refractivity contribution in [2.24, 2.45) is 5.41 Å². The van der Waals surface area contributed by atoms with E-state index in [1.54, 1.807) is 0 Å². The summed E-state index contributed by atoms with van der Waals surface area (Å²) in [6.45, 7) is 4.77. The molecule has 1 aromatic carbocycles. The molecule has 0 heterocycles. The Morgan fingerprint density at radius 2 is 1.84 bits per heavy atom. The molecular formula is C16H25BrN2. The Balaban J connectivity index is 2.09. The quantitative estimate of drug-likeness (QED) is 0.851. The lowest BCUT2D eigenvalue weighted by molar-refractivity contribution is 0.232. The number of nitrogens with one attached hydrogen (secondary N) is 1. The molecule has 0 spiro atoms. The summed E-state index contributed by atoms with van der Waals surface area (Å²) in [4.78, 5) is 2.17. The summed E-state index contributed by atoms with van der Waals surface area (Å²) in [7, 11) is 4.19. The third kappa shape index (κ3) is 3.88. The van der Waals surface area contributed by atoms with Crippen LogP contribution in [-0.4, -0.2) is 20.1 Å². The van der Waals surface area contributed by atoms with Crippen LogP contribution in [0.1, 0.15) is 39.5 Å². The summed E-state index contributed by atoms with van der Waals surface area (Å²) in [6.07, 6.45) is 5.17. The molecule has 0 radical (unpaired) electrons. The van der Waals surface area contributed by atoms with Crippen molar-refractivity contribution in [3.05, 3.63) is 22.7 Å². The normalized spacial score (nSPS) is 19.2. The summed E-state index contributed by atoms with van der Waals surface area (Å²) < 4.78 is 1.14. The molecule has 1 aliphatic rings. The number of hydrogen-bond donors (Lipinski definition) is 1. The first-order valence-electron chi connectivity index (χ1n) is 7.11. The molecule has 3 heteroatoms. The van der Waals surface area contributed by atoms with Crippen LogP contribution in [0.25, 0.3) is 0 Å². The molecule has 0 aliphatic heterocycles. The van der Waals surface area contributed by atoms with E-state index in [1.807, 2.05) is 0 Å². The number of hydrogen-bond acceptors (Lipinski definition) is 2. The van der Waals surface area contributed by atoms with Crippen LogP contribution in [0.5, 0.6) is 0 Å². The molecule has 0 aromatic heterocycles. The van der Waals surface area contributed by atoms with Crippen molar-refractivity contribution < 1.29 is 0 Å². The Bertz CT molecular complexity index is 430. The number of halogens is 1. The van der Waals surface area contributed by atoms with E-state index in [2.05, 4.69) is 72.3 Å². The Hall–Kier alpha value is -0.700. The van der Waals surface area contributed by atoms with Crippen LogP contribution in [0.15, 0.2) is 22.7 Å². The maximum absolute atomic E-state index is 3.74. The van der Waals surface area contributed by atoms with Crippen molar-refractivity contribution in [2.75, 3.05) is 24.3 Å². The fourth-order valence-electron chi connectivity index (χ4n) is 2.78. The van der Waals surface area contributed by atoms with E-state index in [0.717, 1.165) is 4.47 Å². The summed E-state index contributed by atoms with van der Waals surface area (Å²) in [5.41, 5.74) is 3.02. The van der Waals surface area contributed by atoms with Gasteiger partial charge in [0.25, 0.3) is 0 Å². The Kier molecular flexibility index (Phi) is 4.44. The van der Waals surface area contributed by atoms with Gasteiger partial charge < -0.3 is 10.2 Å². The van der Waals surface area contributed by atoms with Crippen molar-refractivity contribution in [1.29, 1.82) is 0 Å². The van der Waals surface area contributed by atoms with Crippen molar-refractivity contribution in [2.45, 2.75) is 45.6 Å². The van der Waals surface area contributed by atoms with E-state index >= 15 is 0 Å². The van der Waals surface area contributed by atoms with Crippen molar-refractivity contribution >= 4 is 27.3 Å². The number of rotatable bonds is 3. The highest BCUT2D eigenvalue weighted by Crippen LogP contribution is 2.37. The molecule has 2 rings (SSSR count). The van der Waals surface area contributed by atoms with Gasteiger partial charge in [0.1, 0.15) is 0 Å². The Morgan fingerprint density at radius 1 is 1.21 bits per heavy atom. The van der Waals surface area contributed by atoms with E-state index in [-0.39, 0.29) is 0 Å². The smallest absolute Gasteiger partial charge is 0.0597 e. The molecule has 0 atom stereocenters. The molecule has 0 bridgehead atoms. The fraction of sp³-hybridized carbons (Fsp3) is 0.625. The first-order chi connectivity index (χ1) is 8.87. The summed E-state index contributed by atoms with van der Waals surface area (Å²) in [5, 5.41) is 3.74. The third-order valence-corrected chi connectivity index (χ3v) is 4.63. The molecular weight excluding hydrogens is 300 g/mol. The minimum atomic E-state index is 0.528. The zero-order valence-corrected chi connectivity index (χ0v) is 14.0. The van der Waals surface area contributed by atoms with Gasteiger partial charge in [-0.1, -0.05) is 29.8 Å². The number of anilines is 2. The first-order valence-corrected chi connectivity index (χ1v) is 7.90. The van der Waals surface area contributed by atoms with Gasteiger partial charge in [-0.15, -0.1) is 0 Å². The second-order valence-corrected chi connectivity index (χ2v) is 7.55. The Labute approximate surface area is 125 Å². The van der Waals surface area contributed by atoms with Gasteiger partial charge in [-0.05, 0) is 49.3 Å². The van der Waals surface area contributed by atoms with Crippen LogP contribution in [0.3, 0.4) is 0 Å². The monoisotopic (exact) mass is 324 g/mol. The third-order valence-electron chi connectivity index (χ3n) is 4.14. The van der Waals surface area contributed by atoms with Crippen molar-refractivity contribution in [3.63, 3.8) is 0 Å². The lowest BCUT2D eigenvalue weighted by Crippen LogP contribution is -2.30.